The number of fused-ring (bicyclic) bond motifs is 1. The molecule has 0 bridgehead atoms. The zero-order chi connectivity index (χ0) is 14.4. The largest absolute Gasteiger partial charge is 0.504 e. The van der Waals surface area contributed by atoms with Gasteiger partial charge in [0.25, 0.3) is 0 Å². The molecular weight excluding hydrogens is 326 g/mol. The molecule has 3 rings (SSSR count). The highest BCUT2D eigenvalue weighted by atomic mass is 79.9. The Morgan fingerprint density at radius 2 is 1.90 bits per heavy atom. The molecular formula is C14H8BrNO4. The van der Waals surface area contributed by atoms with Gasteiger partial charge in [0.1, 0.15) is 0 Å². The quantitative estimate of drug-likeness (QED) is 0.700. The highest BCUT2D eigenvalue weighted by Crippen LogP contribution is 2.33. The number of allylic oxidation sites excluding steroid dienone is 2. The van der Waals surface area contributed by atoms with Gasteiger partial charge < -0.3 is 15.2 Å². The van der Waals surface area contributed by atoms with Gasteiger partial charge in [0, 0.05) is 27.7 Å². The maximum Gasteiger partial charge on any atom is 0.231 e. The van der Waals surface area contributed by atoms with Gasteiger partial charge in [0.15, 0.2) is 11.5 Å². The Hall–Kier alpha value is -2.34. The summed E-state index contributed by atoms with van der Waals surface area (Å²) in [4.78, 5) is 26.5. The Morgan fingerprint density at radius 3 is 2.65 bits per heavy atom. The first-order chi connectivity index (χ1) is 9.50. The second-order valence-corrected chi connectivity index (χ2v) is 5.17. The van der Waals surface area contributed by atoms with E-state index >= 15 is 0 Å². The number of aliphatic hydroxyl groups is 2. The Morgan fingerprint density at radius 1 is 1.15 bits per heavy atom. The number of carbonyl (C=O) groups is 2. The van der Waals surface area contributed by atoms with E-state index in [1.165, 1.54) is 6.20 Å². The van der Waals surface area contributed by atoms with Gasteiger partial charge in [-0.3, -0.25) is 9.59 Å². The van der Waals surface area contributed by atoms with Crippen molar-refractivity contribution in [2.75, 3.05) is 0 Å². The number of H-pyrrole nitrogens is 1. The van der Waals surface area contributed by atoms with Gasteiger partial charge in [0.05, 0.1) is 11.1 Å². The van der Waals surface area contributed by atoms with E-state index < -0.39 is 23.1 Å². The zero-order valence-electron chi connectivity index (χ0n) is 9.98. The summed E-state index contributed by atoms with van der Waals surface area (Å²) in [5.41, 5.74) is 0.910. The number of hydrogen-bond acceptors (Lipinski definition) is 4. The van der Waals surface area contributed by atoms with Gasteiger partial charge in [-0.2, -0.15) is 0 Å². The van der Waals surface area contributed by atoms with Crippen LogP contribution in [0.4, 0.5) is 0 Å². The van der Waals surface area contributed by atoms with Crippen molar-refractivity contribution >= 4 is 44.0 Å². The molecule has 1 aliphatic carbocycles. The number of halogens is 1. The van der Waals surface area contributed by atoms with Crippen molar-refractivity contribution < 1.29 is 19.8 Å². The average molecular weight is 334 g/mol. The van der Waals surface area contributed by atoms with Gasteiger partial charge in [-0.05, 0) is 22.0 Å². The van der Waals surface area contributed by atoms with Crippen LogP contribution in [-0.2, 0) is 9.59 Å². The van der Waals surface area contributed by atoms with Crippen molar-refractivity contribution in [2.45, 2.75) is 0 Å². The van der Waals surface area contributed by atoms with Crippen LogP contribution in [0.3, 0.4) is 0 Å². The number of aliphatic hydroxyl groups excluding tert-OH is 2. The van der Waals surface area contributed by atoms with Crippen LogP contribution in [-0.4, -0.2) is 26.8 Å². The summed E-state index contributed by atoms with van der Waals surface area (Å²) in [5.74, 6) is -2.90. The molecule has 1 aromatic carbocycles. The molecule has 0 radical (unpaired) electrons. The molecule has 1 aliphatic rings. The van der Waals surface area contributed by atoms with Crippen LogP contribution in [0.1, 0.15) is 5.56 Å². The van der Waals surface area contributed by atoms with E-state index in [-0.39, 0.29) is 5.57 Å². The molecule has 0 saturated carbocycles. The van der Waals surface area contributed by atoms with Gasteiger partial charge in [-0.25, -0.2) is 0 Å². The number of Topliss-reactive ketones (excluding diaryl/α,β-unsaturated/α-hetero) is 1. The molecule has 0 fully saturated rings. The summed E-state index contributed by atoms with van der Waals surface area (Å²) >= 11 is 3.37. The molecule has 0 aliphatic heterocycles. The first-order valence-corrected chi connectivity index (χ1v) is 6.49. The van der Waals surface area contributed by atoms with E-state index in [0.717, 1.165) is 9.99 Å². The normalized spacial score (nSPS) is 15.9. The smallest absolute Gasteiger partial charge is 0.231 e. The summed E-state index contributed by atoms with van der Waals surface area (Å²) in [6.07, 6.45) is 2.23. The lowest BCUT2D eigenvalue weighted by molar-refractivity contribution is -0.117. The lowest BCUT2D eigenvalue weighted by atomic mass is 9.93. The molecule has 20 heavy (non-hydrogen) atoms. The van der Waals surface area contributed by atoms with Gasteiger partial charge in [-0.15, -0.1) is 0 Å². The minimum Gasteiger partial charge on any atom is -0.504 e. The fourth-order valence-corrected chi connectivity index (χ4v) is 2.67. The molecule has 3 N–H and O–H groups in total. The number of para-hydroxylation sites is 1. The number of hydrogen-bond donors (Lipinski definition) is 3. The Bertz CT molecular complexity index is 829. The zero-order valence-corrected chi connectivity index (χ0v) is 11.6. The number of nitrogens with one attached hydrogen (secondary N) is 1. The van der Waals surface area contributed by atoms with Crippen molar-refractivity contribution in [3.63, 3.8) is 0 Å². The van der Waals surface area contributed by atoms with E-state index in [0.29, 0.717) is 17.0 Å². The number of ketones is 2. The predicted molar refractivity (Wildman–Crippen MR) is 76.3 cm³/mol. The van der Waals surface area contributed by atoms with Crippen LogP contribution in [0.5, 0.6) is 0 Å². The third-order valence-electron chi connectivity index (χ3n) is 3.13. The number of carbonyl (C=O) groups excluding carboxylic acids is 2. The van der Waals surface area contributed by atoms with Crippen molar-refractivity contribution in [3.05, 3.63) is 52.0 Å². The Labute approximate surface area is 121 Å². The molecule has 6 heteroatoms. The third-order valence-corrected chi connectivity index (χ3v) is 3.79. The minimum atomic E-state index is -0.790. The molecule has 0 spiro atoms. The molecule has 2 aromatic rings. The first-order valence-electron chi connectivity index (χ1n) is 5.69. The molecule has 1 heterocycles. The van der Waals surface area contributed by atoms with Crippen LogP contribution in [0, 0.1) is 0 Å². The SMILES string of the molecule is O=C1C=C(O)C(=O)C(c2c[nH]c3c(Br)cccc23)=C1O. The monoisotopic (exact) mass is 333 g/mol. The molecule has 1 aromatic heterocycles. The molecule has 0 saturated heterocycles. The predicted octanol–water partition coefficient (Wildman–Crippen LogP) is 2.79. The standard InChI is InChI=1S/C14H8BrNO4/c15-8-3-1-2-6-7(5-16-12(6)8)11-13(19)9(17)4-10(18)14(11)20/h1-5,16-17,20H. The summed E-state index contributed by atoms with van der Waals surface area (Å²) < 4.78 is 0.788. The molecule has 0 amide bonds. The number of benzene rings is 1. The Balaban J connectivity index is 2.30. The van der Waals surface area contributed by atoms with Gasteiger partial charge in [-0.1, -0.05) is 12.1 Å². The topological polar surface area (TPSA) is 90.4 Å². The van der Waals surface area contributed by atoms with E-state index in [1.54, 1.807) is 12.1 Å². The maximum atomic E-state index is 12.0. The molecule has 0 unspecified atom stereocenters. The van der Waals surface area contributed by atoms with E-state index in [1.807, 2.05) is 6.07 Å². The van der Waals surface area contributed by atoms with Crippen molar-refractivity contribution in [1.29, 1.82) is 0 Å². The third kappa shape index (κ3) is 1.69. The molecule has 0 atom stereocenters. The van der Waals surface area contributed by atoms with Crippen LogP contribution in [0.15, 0.2) is 46.5 Å². The second kappa shape index (κ2) is 4.35. The number of rotatable bonds is 1. The van der Waals surface area contributed by atoms with Crippen LogP contribution in [0.2, 0.25) is 0 Å². The van der Waals surface area contributed by atoms with Crippen LogP contribution < -0.4 is 0 Å². The van der Waals surface area contributed by atoms with Crippen LogP contribution >= 0.6 is 15.9 Å². The van der Waals surface area contributed by atoms with Crippen molar-refractivity contribution in [1.82, 2.24) is 4.98 Å². The highest BCUT2D eigenvalue weighted by molar-refractivity contribution is 9.10. The molecule has 5 nitrogen and oxygen atoms in total. The fourth-order valence-electron chi connectivity index (χ4n) is 2.19. The average Bonchev–Trinajstić information content (AvgIpc) is 2.83. The lowest BCUT2D eigenvalue weighted by Gasteiger charge is -2.11. The maximum absolute atomic E-state index is 12.0. The minimum absolute atomic E-state index is 0.195. The van der Waals surface area contributed by atoms with Crippen LogP contribution in [0.25, 0.3) is 16.5 Å². The number of aromatic nitrogens is 1. The second-order valence-electron chi connectivity index (χ2n) is 4.31. The summed E-state index contributed by atoms with van der Waals surface area (Å²) in [5, 5.41) is 20.0. The summed E-state index contributed by atoms with van der Waals surface area (Å²) in [7, 11) is 0. The highest BCUT2D eigenvalue weighted by Gasteiger charge is 2.31. The van der Waals surface area contributed by atoms with E-state index in [2.05, 4.69) is 20.9 Å². The fraction of sp³-hybridized carbons (Fsp3) is 0. The summed E-state index contributed by atoms with van der Waals surface area (Å²) in [6, 6.07) is 5.34. The Kier molecular flexibility index (Phi) is 2.76. The number of aromatic amines is 1. The van der Waals surface area contributed by atoms with Crippen molar-refractivity contribution in [3.8, 4) is 0 Å². The van der Waals surface area contributed by atoms with Gasteiger partial charge in [0.2, 0.25) is 11.6 Å². The van der Waals surface area contributed by atoms with Crippen molar-refractivity contribution in [2.24, 2.45) is 0 Å². The summed E-state index contributed by atoms with van der Waals surface area (Å²) in [6.45, 7) is 0. The van der Waals surface area contributed by atoms with E-state index in [9.17, 15) is 19.8 Å². The lowest BCUT2D eigenvalue weighted by Crippen LogP contribution is -2.18. The molecule has 100 valence electrons. The van der Waals surface area contributed by atoms with E-state index in [4.69, 9.17) is 0 Å². The first kappa shape index (κ1) is 12.7. The van der Waals surface area contributed by atoms with Gasteiger partial charge >= 0.3 is 0 Å².